The van der Waals surface area contributed by atoms with E-state index in [2.05, 4.69) is 5.73 Å². The van der Waals surface area contributed by atoms with Crippen LogP contribution in [0, 0.1) is 16.7 Å². The highest BCUT2D eigenvalue weighted by Crippen LogP contribution is 2.62. The Bertz CT molecular complexity index is 654. The van der Waals surface area contributed by atoms with Crippen LogP contribution in [-0.2, 0) is 6.42 Å². The number of nitriles is 1. The Kier molecular flexibility index (Phi) is 2.16. The first-order valence-corrected chi connectivity index (χ1v) is 5.88. The van der Waals surface area contributed by atoms with Gasteiger partial charge in [0.25, 0.3) is 0 Å². The van der Waals surface area contributed by atoms with Gasteiger partial charge in [0.15, 0.2) is 0 Å². The molecular formula is C15H11NO2. The van der Waals surface area contributed by atoms with E-state index in [9.17, 15) is 4.79 Å². The molecule has 0 atom stereocenters. The van der Waals surface area contributed by atoms with Crippen molar-refractivity contribution in [2.24, 2.45) is 5.41 Å². The number of fused-ring (bicyclic) bond motifs is 1. The van der Waals surface area contributed by atoms with Crippen LogP contribution in [0.1, 0.15) is 34.3 Å². The van der Waals surface area contributed by atoms with Crippen LogP contribution in [0.15, 0.2) is 30.0 Å². The highest BCUT2D eigenvalue weighted by atomic mass is 16.4. The van der Waals surface area contributed by atoms with Gasteiger partial charge in [0.2, 0.25) is 0 Å². The standard InChI is InChI=1S/C15H11NO2/c16-7-1-2-13-12-4-3-10(14(17)18)8-11(12)9-15(13)5-6-15/h1,3-4,8H,5-6,9H2,(H,17,18). The molecule has 0 heterocycles. The molecule has 1 N–H and O–H groups in total. The van der Waals surface area contributed by atoms with E-state index in [-0.39, 0.29) is 5.41 Å². The summed E-state index contributed by atoms with van der Waals surface area (Å²) in [5, 5.41) is 17.6. The summed E-state index contributed by atoms with van der Waals surface area (Å²) in [7, 11) is 0. The summed E-state index contributed by atoms with van der Waals surface area (Å²) in [4.78, 5) is 11.0. The first-order valence-electron chi connectivity index (χ1n) is 5.88. The zero-order valence-electron chi connectivity index (χ0n) is 9.73. The van der Waals surface area contributed by atoms with E-state index in [0.29, 0.717) is 5.56 Å². The van der Waals surface area contributed by atoms with E-state index in [1.165, 1.54) is 6.08 Å². The minimum absolute atomic E-state index is 0.132. The number of aromatic carboxylic acids is 1. The predicted molar refractivity (Wildman–Crippen MR) is 65.9 cm³/mol. The van der Waals surface area contributed by atoms with Crippen molar-refractivity contribution >= 4 is 11.5 Å². The number of hydrogen-bond donors (Lipinski definition) is 1. The molecule has 3 rings (SSSR count). The average Bonchev–Trinajstić information content (AvgIpc) is 3.04. The molecule has 1 spiro atoms. The summed E-state index contributed by atoms with van der Waals surface area (Å²) in [6.07, 6.45) is 4.47. The molecule has 3 heteroatoms. The van der Waals surface area contributed by atoms with Gasteiger partial charge in [0.05, 0.1) is 17.7 Å². The molecule has 1 saturated carbocycles. The van der Waals surface area contributed by atoms with Crippen LogP contribution in [0.4, 0.5) is 0 Å². The monoisotopic (exact) mass is 237 g/mol. The molecule has 88 valence electrons. The minimum Gasteiger partial charge on any atom is -0.478 e. The van der Waals surface area contributed by atoms with E-state index in [1.54, 1.807) is 12.1 Å². The zero-order valence-corrected chi connectivity index (χ0v) is 9.73. The number of benzene rings is 1. The average molecular weight is 237 g/mol. The van der Waals surface area contributed by atoms with Crippen molar-refractivity contribution in [2.45, 2.75) is 19.3 Å². The second-order valence-electron chi connectivity index (χ2n) is 4.93. The van der Waals surface area contributed by atoms with Gasteiger partial charge in [-0.1, -0.05) is 6.07 Å². The third kappa shape index (κ3) is 1.48. The van der Waals surface area contributed by atoms with Gasteiger partial charge in [-0.3, -0.25) is 0 Å². The third-order valence-electron chi connectivity index (χ3n) is 3.82. The molecule has 3 nitrogen and oxygen atoms in total. The van der Waals surface area contributed by atoms with Crippen LogP contribution >= 0.6 is 0 Å². The maximum atomic E-state index is 11.0. The molecule has 1 aromatic rings. The highest BCUT2D eigenvalue weighted by Gasteiger charge is 2.51. The fraction of sp³-hybridized carbons (Fsp3) is 0.267. The molecule has 2 aliphatic carbocycles. The summed E-state index contributed by atoms with van der Waals surface area (Å²) < 4.78 is 0. The largest absolute Gasteiger partial charge is 0.478 e. The van der Waals surface area contributed by atoms with E-state index < -0.39 is 5.97 Å². The van der Waals surface area contributed by atoms with E-state index in [4.69, 9.17) is 10.4 Å². The number of rotatable bonds is 1. The van der Waals surface area contributed by atoms with Crippen molar-refractivity contribution in [3.05, 3.63) is 46.7 Å². The summed E-state index contributed by atoms with van der Waals surface area (Å²) in [5.74, 6) is -0.896. The van der Waals surface area contributed by atoms with E-state index in [0.717, 1.165) is 36.0 Å². The Hall–Kier alpha value is -2.30. The minimum atomic E-state index is -0.896. The Morgan fingerprint density at radius 3 is 2.83 bits per heavy atom. The summed E-state index contributed by atoms with van der Waals surface area (Å²) in [6.45, 7) is 0. The molecule has 1 aromatic carbocycles. The van der Waals surface area contributed by atoms with Crippen molar-refractivity contribution in [2.75, 3.05) is 0 Å². The lowest BCUT2D eigenvalue weighted by atomic mass is 9.97. The first kappa shape index (κ1) is 10.8. The second-order valence-corrected chi connectivity index (χ2v) is 4.93. The Morgan fingerprint density at radius 2 is 2.22 bits per heavy atom. The molecule has 0 radical (unpaired) electrons. The molecule has 0 saturated heterocycles. The SMILES string of the molecule is N#CC=C=C1c2ccc(C(=O)O)cc2CC12CC2. The number of hydrogen-bond acceptors (Lipinski definition) is 2. The normalized spacial score (nSPS) is 17.8. The van der Waals surface area contributed by atoms with Crippen molar-refractivity contribution in [1.82, 2.24) is 0 Å². The summed E-state index contributed by atoms with van der Waals surface area (Å²) in [6, 6.07) is 7.19. The van der Waals surface area contributed by atoms with E-state index in [1.807, 2.05) is 12.1 Å². The van der Waals surface area contributed by atoms with Crippen molar-refractivity contribution < 1.29 is 9.90 Å². The third-order valence-corrected chi connectivity index (χ3v) is 3.82. The Labute approximate surface area is 105 Å². The molecule has 0 aromatic heterocycles. The van der Waals surface area contributed by atoms with Crippen LogP contribution in [0.2, 0.25) is 0 Å². The molecule has 0 amide bonds. The molecule has 0 aliphatic heterocycles. The van der Waals surface area contributed by atoms with Crippen molar-refractivity contribution in [3.8, 4) is 6.07 Å². The second kappa shape index (κ2) is 3.60. The van der Waals surface area contributed by atoms with Gasteiger partial charge in [-0.15, -0.1) is 5.73 Å². The lowest BCUT2D eigenvalue weighted by Crippen LogP contribution is -1.97. The first-order chi connectivity index (χ1) is 8.66. The fourth-order valence-electron chi connectivity index (χ4n) is 2.77. The zero-order chi connectivity index (χ0) is 12.8. The summed E-state index contributed by atoms with van der Waals surface area (Å²) in [5.41, 5.74) is 6.74. The molecular weight excluding hydrogens is 226 g/mol. The van der Waals surface area contributed by atoms with Crippen molar-refractivity contribution in [3.63, 3.8) is 0 Å². The number of carboxylic acids is 1. The lowest BCUT2D eigenvalue weighted by molar-refractivity contribution is 0.0697. The van der Waals surface area contributed by atoms with E-state index >= 15 is 0 Å². The predicted octanol–water partition coefficient (Wildman–Crippen LogP) is 2.78. The molecule has 0 bridgehead atoms. The molecule has 1 fully saturated rings. The van der Waals surface area contributed by atoms with Gasteiger partial charge < -0.3 is 5.11 Å². The van der Waals surface area contributed by atoms with Crippen LogP contribution in [0.25, 0.3) is 5.57 Å². The molecule has 0 unspecified atom stereocenters. The maximum Gasteiger partial charge on any atom is 0.335 e. The van der Waals surface area contributed by atoms with Crippen molar-refractivity contribution in [1.29, 1.82) is 5.26 Å². The molecule has 18 heavy (non-hydrogen) atoms. The topological polar surface area (TPSA) is 61.1 Å². The quantitative estimate of drug-likeness (QED) is 0.603. The van der Waals surface area contributed by atoms with Gasteiger partial charge in [-0.2, -0.15) is 5.26 Å². The van der Waals surface area contributed by atoms with Gasteiger partial charge in [-0.05, 0) is 42.5 Å². The van der Waals surface area contributed by atoms with Crippen LogP contribution in [0.5, 0.6) is 0 Å². The maximum absolute atomic E-state index is 11.0. The Balaban J connectivity index is 2.15. The van der Waals surface area contributed by atoms with Gasteiger partial charge in [0, 0.05) is 11.0 Å². The smallest absolute Gasteiger partial charge is 0.335 e. The van der Waals surface area contributed by atoms with Crippen LogP contribution < -0.4 is 0 Å². The van der Waals surface area contributed by atoms with Crippen LogP contribution in [0.3, 0.4) is 0 Å². The Morgan fingerprint density at radius 1 is 1.44 bits per heavy atom. The fourth-order valence-corrected chi connectivity index (χ4v) is 2.77. The number of carboxylic acid groups (broad SMARTS) is 1. The van der Waals surface area contributed by atoms with Gasteiger partial charge >= 0.3 is 5.97 Å². The lowest BCUT2D eigenvalue weighted by Gasteiger charge is -2.04. The number of allylic oxidation sites excluding steroid dienone is 1. The molecule has 2 aliphatic rings. The van der Waals surface area contributed by atoms with Crippen LogP contribution in [-0.4, -0.2) is 11.1 Å². The summed E-state index contributed by atoms with van der Waals surface area (Å²) >= 11 is 0. The highest BCUT2D eigenvalue weighted by molar-refractivity contribution is 5.90. The van der Waals surface area contributed by atoms with Gasteiger partial charge in [-0.25, -0.2) is 4.79 Å². The van der Waals surface area contributed by atoms with Gasteiger partial charge in [0.1, 0.15) is 0 Å². The number of nitrogens with zero attached hydrogens (tertiary/aromatic N) is 1. The number of carbonyl (C=O) groups is 1.